The minimum atomic E-state index is -0.420. The smallest absolute Gasteiger partial charge is 0.248 e. The maximum absolute atomic E-state index is 11.2. The van der Waals surface area contributed by atoms with Crippen LogP contribution in [-0.2, 0) is 12.3 Å². The van der Waals surface area contributed by atoms with Gasteiger partial charge in [-0.05, 0) is 30.2 Å². The Kier molecular flexibility index (Phi) is 4.77. The molecule has 2 heterocycles. The average molecular weight is 377 g/mol. The summed E-state index contributed by atoms with van der Waals surface area (Å²) < 4.78 is 2.21. The Morgan fingerprint density at radius 1 is 1.11 bits per heavy atom. The average Bonchev–Trinajstić information content (AvgIpc) is 3.00. The van der Waals surface area contributed by atoms with Gasteiger partial charge in [-0.15, -0.1) is 10.2 Å². The van der Waals surface area contributed by atoms with Crippen molar-refractivity contribution in [1.82, 2.24) is 19.7 Å². The van der Waals surface area contributed by atoms with Crippen LogP contribution in [0.3, 0.4) is 0 Å². The predicted octanol–water partition coefficient (Wildman–Crippen LogP) is 3.78. The van der Waals surface area contributed by atoms with Crippen LogP contribution in [0.2, 0.25) is 0 Å². The second-order valence-corrected chi connectivity index (χ2v) is 7.23. The molecule has 1 amide bonds. The van der Waals surface area contributed by atoms with E-state index in [-0.39, 0.29) is 0 Å². The molecular weight excluding hydrogens is 358 g/mol. The lowest BCUT2D eigenvalue weighted by atomic mass is 10.1. The van der Waals surface area contributed by atoms with Crippen molar-refractivity contribution in [2.75, 3.05) is 0 Å². The van der Waals surface area contributed by atoms with Crippen molar-refractivity contribution in [3.05, 3.63) is 59.7 Å². The van der Waals surface area contributed by atoms with Gasteiger partial charge in [0.15, 0.2) is 5.65 Å². The van der Waals surface area contributed by atoms with Crippen LogP contribution in [0, 0.1) is 0 Å². The number of thioether (sulfide) groups is 1. The van der Waals surface area contributed by atoms with E-state index >= 15 is 0 Å². The second-order valence-electron chi connectivity index (χ2n) is 6.29. The van der Waals surface area contributed by atoms with Crippen LogP contribution in [0.1, 0.15) is 29.3 Å². The van der Waals surface area contributed by atoms with Crippen LogP contribution in [0.4, 0.5) is 0 Å². The van der Waals surface area contributed by atoms with Gasteiger partial charge in [0, 0.05) is 23.2 Å². The van der Waals surface area contributed by atoms with Crippen LogP contribution < -0.4 is 5.73 Å². The zero-order chi connectivity index (χ0) is 18.8. The van der Waals surface area contributed by atoms with Crippen molar-refractivity contribution < 1.29 is 4.79 Å². The molecule has 7 heteroatoms. The fourth-order valence-corrected chi connectivity index (χ4v) is 3.85. The van der Waals surface area contributed by atoms with Gasteiger partial charge >= 0.3 is 0 Å². The van der Waals surface area contributed by atoms with E-state index in [2.05, 4.69) is 33.8 Å². The van der Waals surface area contributed by atoms with Gasteiger partial charge < -0.3 is 10.3 Å². The lowest BCUT2D eigenvalue weighted by Crippen LogP contribution is -2.10. The second kappa shape index (κ2) is 7.36. The molecule has 0 aliphatic rings. The van der Waals surface area contributed by atoms with Gasteiger partial charge in [0.2, 0.25) is 11.1 Å². The number of aryl methyl sites for hydroxylation is 1. The van der Waals surface area contributed by atoms with E-state index in [0.29, 0.717) is 16.5 Å². The van der Waals surface area contributed by atoms with Crippen molar-refractivity contribution in [2.24, 2.45) is 5.73 Å². The molecular formula is C20H19N5OS. The fourth-order valence-electron chi connectivity index (χ4n) is 3.11. The Balaban J connectivity index is 1.63. The Morgan fingerprint density at radius 2 is 1.89 bits per heavy atom. The molecule has 0 aliphatic heterocycles. The van der Waals surface area contributed by atoms with E-state index in [4.69, 9.17) is 10.7 Å². The first kappa shape index (κ1) is 17.5. The van der Waals surface area contributed by atoms with Crippen molar-refractivity contribution in [3.8, 4) is 0 Å². The molecule has 0 aliphatic carbocycles. The highest BCUT2D eigenvalue weighted by Gasteiger charge is 2.14. The molecule has 0 atom stereocenters. The summed E-state index contributed by atoms with van der Waals surface area (Å²) in [5, 5.41) is 10.5. The lowest BCUT2D eigenvalue weighted by molar-refractivity contribution is 0.100. The molecule has 0 saturated carbocycles. The number of para-hydroxylation sites is 1. The summed E-state index contributed by atoms with van der Waals surface area (Å²) in [5.41, 5.74) is 9.71. The Hall–Kier alpha value is -2.93. The number of nitrogens with two attached hydrogens (primary N) is 1. The number of carbonyl (C=O) groups is 1. The molecule has 0 saturated heterocycles. The minimum Gasteiger partial charge on any atom is -0.366 e. The van der Waals surface area contributed by atoms with Gasteiger partial charge in [0.1, 0.15) is 5.52 Å². The summed E-state index contributed by atoms with van der Waals surface area (Å²) in [4.78, 5) is 15.9. The third-order valence-electron chi connectivity index (χ3n) is 4.41. The molecule has 4 aromatic rings. The summed E-state index contributed by atoms with van der Waals surface area (Å²) in [6.07, 6.45) is 1.02. The molecule has 0 fully saturated rings. The van der Waals surface area contributed by atoms with Gasteiger partial charge in [-0.2, -0.15) is 0 Å². The lowest BCUT2D eigenvalue weighted by Gasteiger charge is -2.05. The molecule has 0 spiro atoms. The molecule has 136 valence electrons. The van der Waals surface area contributed by atoms with Crippen LogP contribution in [0.25, 0.3) is 22.1 Å². The minimum absolute atomic E-state index is 0.420. The number of hydrogen-bond acceptors (Lipinski definition) is 5. The van der Waals surface area contributed by atoms with Crippen molar-refractivity contribution >= 4 is 39.7 Å². The highest BCUT2D eigenvalue weighted by Crippen LogP contribution is 2.28. The van der Waals surface area contributed by atoms with E-state index in [0.717, 1.165) is 40.6 Å². The first-order chi connectivity index (χ1) is 13.2. The molecule has 6 nitrogen and oxygen atoms in total. The van der Waals surface area contributed by atoms with E-state index in [1.54, 1.807) is 12.1 Å². The molecule has 2 aromatic heterocycles. The summed E-state index contributed by atoms with van der Waals surface area (Å²) in [6.45, 7) is 3.04. The first-order valence-electron chi connectivity index (χ1n) is 8.80. The zero-order valence-corrected chi connectivity index (χ0v) is 15.7. The fraction of sp³-hybridized carbons (Fsp3) is 0.200. The van der Waals surface area contributed by atoms with Crippen LogP contribution in [0.5, 0.6) is 0 Å². The summed E-state index contributed by atoms with van der Waals surface area (Å²) >= 11 is 1.53. The predicted molar refractivity (Wildman–Crippen MR) is 108 cm³/mol. The van der Waals surface area contributed by atoms with Gasteiger partial charge in [-0.25, -0.2) is 4.98 Å². The van der Waals surface area contributed by atoms with Crippen molar-refractivity contribution in [3.63, 3.8) is 0 Å². The number of nitrogens with zero attached hydrogens (tertiary/aromatic N) is 4. The highest BCUT2D eigenvalue weighted by atomic mass is 32.2. The van der Waals surface area contributed by atoms with Crippen LogP contribution in [0.15, 0.2) is 53.7 Å². The number of carbonyl (C=O) groups excluding carboxylic acids is 1. The SMILES string of the molecule is CCCn1c2ccccc2c2nnc(SCc3ccc(C(N)=O)cc3)nc21. The highest BCUT2D eigenvalue weighted by molar-refractivity contribution is 7.98. The van der Waals surface area contributed by atoms with Crippen LogP contribution in [-0.4, -0.2) is 25.7 Å². The number of benzene rings is 2. The Labute approximate surface area is 160 Å². The van der Waals surface area contributed by atoms with Gasteiger partial charge in [-0.1, -0.05) is 49.0 Å². The Morgan fingerprint density at radius 3 is 2.63 bits per heavy atom. The summed E-state index contributed by atoms with van der Waals surface area (Å²) in [6, 6.07) is 15.5. The Bertz CT molecular complexity index is 1120. The standard InChI is InChI=1S/C20H19N5OS/c1-2-11-25-16-6-4-3-5-15(16)17-19(25)22-20(24-23-17)27-12-13-7-9-14(10-8-13)18(21)26/h3-10H,2,11-12H2,1H3,(H2,21,26). The topological polar surface area (TPSA) is 86.7 Å². The molecule has 4 rings (SSSR count). The van der Waals surface area contributed by atoms with Crippen molar-refractivity contribution in [1.29, 1.82) is 0 Å². The van der Waals surface area contributed by atoms with Gasteiger partial charge in [-0.3, -0.25) is 4.79 Å². The normalized spacial score (nSPS) is 11.3. The van der Waals surface area contributed by atoms with E-state index in [1.165, 1.54) is 11.8 Å². The quantitative estimate of drug-likeness (QED) is 0.517. The molecule has 0 bridgehead atoms. The summed E-state index contributed by atoms with van der Waals surface area (Å²) in [7, 11) is 0. The number of hydrogen-bond donors (Lipinski definition) is 1. The third kappa shape index (κ3) is 3.38. The molecule has 2 aromatic carbocycles. The van der Waals surface area contributed by atoms with Crippen molar-refractivity contribution in [2.45, 2.75) is 30.8 Å². The molecule has 2 N–H and O–H groups in total. The van der Waals surface area contributed by atoms with E-state index in [9.17, 15) is 4.79 Å². The molecule has 27 heavy (non-hydrogen) atoms. The maximum Gasteiger partial charge on any atom is 0.248 e. The number of rotatable bonds is 6. The zero-order valence-electron chi connectivity index (χ0n) is 14.9. The number of primary amides is 1. The van der Waals surface area contributed by atoms with E-state index < -0.39 is 5.91 Å². The first-order valence-corrected chi connectivity index (χ1v) is 9.79. The number of fused-ring (bicyclic) bond motifs is 3. The van der Waals surface area contributed by atoms with Gasteiger partial charge in [0.05, 0.1) is 5.52 Å². The third-order valence-corrected chi connectivity index (χ3v) is 5.32. The summed E-state index contributed by atoms with van der Waals surface area (Å²) in [5.74, 6) is 0.274. The monoisotopic (exact) mass is 377 g/mol. The van der Waals surface area contributed by atoms with E-state index in [1.807, 2.05) is 24.3 Å². The largest absolute Gasteiger partial charge is 0.366 e. The molecule has 0 radical (unpaired) electrons. The van der Waals surface area contributed by atoms with Gasteiger partial charge in [0.25, 0.3) is 0 Å². The number of aromatic nitrogens is 4. The van der Waals surface area contributed by atoms with Crippen LogP contribution >= 0.6 is 11.8 Å². The molecule has 0 unspecified atom stereocenters. The number of amides is 1. The maximum atomic E-state index is 11.2.